The number of carboxylic acid groups (broad SMARTS) is 1. The molecule has 0 aliphatic carbocycles. The van der Waals surface area contributed by atoms with Gasteiger partial charge >= 0.3 is 17.9 Å². The lowest BCUT2D eigenvalue weighted by atomic mass is 10.0. The van der Waals surface area contributed by atoms with Crippen LogP contribution in [0.15, 0.2) is 36.5 Å². The largest absolute Gasteiger partial charge is 0.477 e. The second-order valence-electron chi connectivity index (χ2n) is 17.8. The van der Waals surface area contributed by atoms with Gasteiger partial charge in [0.2, 0.25) is 0 Å². The molecule has 0 saturated heterocycles. The van der Waals surface area contributed by atoms with Crippen LogP contribution in [0, 0.1) is 0 Å². The molecule has 2 atom stereocenters. The summed E-state index contributed by atoms with van der Waals surface area (Å²) in [6.45, 7) is 4.79. The van der Waals surface area contributed by atoms with Crippen LogP contribution in [0.3, 0.4) is 0 Å². The van der Waals surface area contributed by atoms with E-state index in [1.807, 2.05) is 21.1 Å². The van der Waals surface area contributed by atoms with Crippen LogP contribution in [0.25, 0.3) is 0 Å². The molecule has 9 heteroatoms. The maximum Gasteiger partial charge on any atom is 0.361 e. The Hall–Kier alpha value is -2.49. The molecule has 0 fully saturated rings. The van der Waals surface area contributed by atoms with Crippen LogP contribution in [-0.2, 0) is 33.3 Å². The molecule has 0 amide bonds. The van der Waals surface area contributed by atoms with Crippen molar-refractivity contribution < 1.29 is 42.9 Å². The second-order valence-corrected chi connectivity index (χ2v) is 17.8. The third-order valence-electron chi connectivity index (χ3n) is 10.6. The molecule has 9 nitrogen and oxygen atoms in total. The van der Waals surface area contributed by atoms with Gasteiger partial charge in [0.15, 0.2) is 6.10 Å². The monoisotopic (exact) mass is 849 g/mol. The van der Waals surface area contributed by atoms with Gasteiger partial charge in [-0.15, -0.1) is 0 Å². The molecule has 2 unspecified atom stereocenters. The highest BCUT2D eigenvalue weighted by atomic mass is 16.7. The van der Waals surface area contributed by atoms with Gasteiger partial charge in [-0.1, -0.05) is 172 Å². The number of allylic oxidation sites excluding steroid dienone is 6. The molecule has 0 aromatic rings. The van der Waals surface area contributed by atoms with Crippen molar-refractivity contribution in [1.29, 1.82) is 0 Å². The van der Waals surface area contributed by atoms with Crippen molar-refractivity contribution >= 4 is 17.9 Å². The molecular weight excluding hydrogens is 755 g/mol. The maximum atomic E-state index is 12.8. The predicted molar refractivity (Wildman–Crippen MR) is 249 cm³/mol. The molecule has 0 aliphatic heterocycles. The smallest absolute Gasteiger partial charge is 0.361 e. The summed E-state index contributed by atoms with van der Waals surface area (Å²) < 4.78 is 22.7. The van der Waals surface area contributed by atoms with Crippen molar-refractivity contribution in [1.82, 2.24) is 0 Å². The number of ether oxygens (including phenoxy) is 4. The summed E-state index contributed by atoms with van der Waals surface area (Å²) in [7, 11) is 5.95. The minimum Gasteiger partial charge on any atom is -0.477 e. The van der Waals surface area contributed by atoms with Crippen LogP contribution in [0.5, 0.6) is 0 Å². The zero-order valence-electron chi connectivity index (χ0n) is 39.6. The minimum absolute atomic E-state index is 0.185. The van der Waals surface area contributed by atoms with Crippen molar-refractivity contribution in [2.75, 3.05) is 47.5 Å². The van der Waals surface area contributed by atoms with Crippen molar-refractivity contribution in [3.8, 4) is 0 Å². The standard InChI is InChI=1S/C51H93NO8/c1-6-8-10-12-14-16-18-19-20-21-22-23-24-25-26-27-28-29-30-31-32-34-36-38-40-42-49(54)60-47(46-59-51(50(55)56)57-44-43-52(3,4)5)45-58-48(53)41-39-37-35-33-17-15-13-11-9-7-2/h11,13,18-19,21-22,47,51H,6-10,12,14-17,20,23-46H2,1-5H3/p+1/b13-11-,19-18-,22-21-. The fraction of sp³-hybridized carbons (Fsp3) is 0.824. The summed E-state index contributed by atoms with van der Waals surface area (Å²) in [6, 6.07) is 0. The van der Waals surface area contributed by atoms with Gasteiger partial charge in [0.1, 0.15) is 13.2 Å². The number of carbonyl (C=O) groups excluding carboxylic acids is 2. The Morgan fingerprint density at radius 2 is 0.933 bits per heavy atom. The highest BCUT2D eigenvalue weighted by molar-refractivity contribution is 5.71. The summed E-state index contributed by atoms with van der Waals surface area (Å²) in [5, 5.41) is 9.64. The minimum atomic E-state index is -1.51. The number of hydrogen-bond acceptors (Lipinski definition) is 7. The van der Waals surface area contributed by atoms with E-state index in [1.54, 1.807) is 0 Å². The van der Waals surface area contributed by atoms with E-state index in [-0.39, 0.29) is 32.2 Å². The SMILES string of the molecule is CCC/C=C\CCCCCCCC(=O)OCC(COC(OCC[N+](C)(C)C)C(=O)O)OC(=O)CCCCCCCCCCCCCCC/C=C\C/C=C\CCCCCCC. The Kier molecular flexibility index (Phi) is 41.4. The predicted octanol–water partition coefficient (Wildman–Crippen LogP) is 13.4. The molecule has 0 spiro atoms. The third-order valence-corrected chi connectivity index (χ3v) is 10.6. The number of aliphatic carboxylic acids is 1. The lowest BCUT2D eigenvalue weighted by Gasteiger charge is -2.25. The van der Waals surface area contributed by atoms with Gasteiger partial charge in [0.05, 0.1) is 34.4 Å². The zero-order chi connectivity index (χ0) is 44.2. The van der Waals surface area contributed by atoms with E-state index in [2.05, 4.69) is 50.3 Å². The van der Waals surface area contributed by atoms with Gasteiger partial charge < -0.3 is 28.5 Å². The van der Waals surface area contributed by atoms with E-state index in [9.17, 15) is 19.5 Å². The first-order valence-corrected chi connectivity index (χ1v) is 24.7. The van der Waals surface area contributed by atoms with Crippen LogP contribution in [0.2, 0.25) is 0 Å². The zero-order valence-corrected chi connectivity index (χ0v) is 39.6. The highest BCUT2D eigenvalue weighted by Gasteiger charge is 2.25. The molecule has 0 bridgehead atoms. The molecule has 0 saturated carbocycles. The molecule has 0 aromatic carbocycles. The van der Waals surface area contributed by atoms with Gasteiger partial charge in [0.25, 0.3) is 6.29 Å². The van der Waals surface area contributed by atoms with Gasteiger partial charge in [-0.25, -0.2) is 4.79 Å². The number of carboxylic acids is 1. The molecule has 1 N–H and O–H groups in total. The lowest BCUT2D eigenvalue weighted by Crippen LogP contribution is -2.40. The number of rotatable bonds is 45. The first-order valence-electron chi connectivity index (χ1n) is 24.7. The van der Waals surface area contributed by atoms with Crippen molar-refractivity contribution in [2.45, 2.75) is 225 Å². The molecule has 0 rings (SSSR count). The van der Waals surface area contributed by atoms with E-state index in [0.717, 1.165) is 70.6 Å². The molecule has 60 heavy (non-hydrogen) atoms. The summed E-state index contributed by atoms with van der Waals surface area (Å²) in [5.74, 6) is -2.02. The Balaban J connectivity index is 4.23. The van der Waals surface area contributed by atoms with Crippen molar-refractivity contribution in [3.05, 3.63) is 36.5 Å². The van der Waals surface area contributed by atoms with E-state index in [4.69, 9.17) is 18.9 Å². The number of quaternary nitrogens is 1. The number of likely N-dealkylation sites (N-methyl/N-ethyl adjacent to an activating group) is 1. The number of nitrogens with zero attached hydrogens (tertiary/aromatic N) is 1. The number of unbranched alkanes of at least 4 members (excludes halogenated alkanes) is 24. The first kappa shape index (κ1) is 57.5. The van der Waals surface area contributed by atoms with Crippen LogP contribution >= 0.6 is 0 Å². The second kappa shape index (κ2) is 43.2. The quantitative estimate of drug-likeness (QED) is 0.0212. The van der Waals surface area contributed by atoms with Crippen LogP contribution in [-0.4, -0.2) is 87.4 Å². The lowest BCUT2D eigenvalue weighted by molar-refractivity contribution is -0.870. The van der Waals surface area contributed by atoms with Crippen LogP contribution in [0.4, 0.5) is 0 Å². The molecule has 350 valence electrons. The van der Waals surface area contributed by atoms with Gasteiger partial charge in [-0.2, -0.15) is 0 Å². The fourth-order valence-corrected chi connectivity index (χ4v) is 6.75. The number of hydrogen-bond donors (Lipinski definition) is 1. The van der Waals surface area contributed by atoms with Crippen LogP contribution in [0.1, 0.15) is 213 Å². The van der Waals surface area contributed by atoms with E-state index >= 15 is 0 Å². The molecule has 0 aromatic heterocycles. The maximum absolute atomic E-state index is 12.8. The number of carbonyl (C=O) groups is 3. The van der Waals surface area contributed by atoms with Crippen molar-refractivity contribution in [3.63, 3.8) is 0 Å². The number of esters is 2. The normalized spacial score (nSPS) is 13.2. The van der Waals surface area contributed by atoms with Crippen molar-refractivity contribution in [2.24, 2.45) is 0 Å². The molecule has 0 heterocycles. The Labute approximate surface area is 369 Å². The summed E-state index contributed by atoms with van der Waals surface area (Å²) in [6.07, 6.45) is 46.5. The van der Waals surface area contributed by atoms with Gasteiger partial charge in [0, 0.05) is 12.8 Å². The highest BCUT2D eigenvalue weighted by Crippen LogP contribution is 2.15. The fourth-order valence-electron chi connectivity index (χ4n) is 6.75. The Morgan fingerprint density at radius 1 is 0.500 bits per heavy atom. The Morgan fingerprint density at radius 3 is 1.40 bits per heavy atom. The average Bonchev–Trinajstić information content (AvgIpc) is 3.21. The van der Waals surface area contributed by atoms with E-state index in [1.165, 1.54) is 116 Å². The molecular formula is C51H94NO8+. The van der Waals surface area contributed by atoms with E-state index < -0.39 is 24.3 Å². The molecule has 0 radical (unpaired) electrons. The topological polar surface area (TPSA) is 108 Å². The molecule has 0 aliphatic rings. The average molecular weight is 849 g/mol. The first-order chi connectivity index (χ1) is 29.1. The summed E-state index contributed by atoms with van der Waals surface area (Å²) in [4.78, 5) is 37.1. The summed E-state index contributed by atoms with van der Waals surface area (Å²) in [5.41, 5.74) is 0. The van der Waals surface area contributed by atoms with E-state index in [0.29, 0.717) is 17.4 Å². The summed E-state index contributed by atoms with van der Waals surface area (Å²) >= 11 is 0. The Bertz CT molecular complexity index is 1080. The third kappa shape index (κ3) is 43.6. The van der Waals surface area contributed by atoms with Gasteiger partial charge in [-0.3, -0.25) is 9.59 Å². The van der Waals surface area contributed by atoms with Crippen LogP contribution < -0.4 is 0 Å². The van der Waals surface area contributed by atoms with Gasteiger partial charge in [-0.05, 0) is 64.2 Å².